The summed E-state index contributed by atoms with van der Waals surface area (Å²) in [5, 5.41) is 17.5. The molecule has 1 aromatic heterocycles. The minimum atomic E-state index is -0.878. The third kappa shape index (κ3) is 4.80. The Morgan fingerprint density at radius 1 is 1.47 bits per heavy atom. The van der Waals surface area contributed by atoms with Crippen molar-refractivity contribution in [2.75, 3.05) is 0 Å². The van der Waals surface area contributed by atoms with Gasteiger partial charge in [-0.05, 0) is 12.5 Å². The van der Waals surface area contributed by atoms with E-state index in [0.717, 1.165) is 5.69 Å². The first kappa shape index (κ1) is 11.2. The highest BCUT2D eigenvalue weighted by atomic mass is 16.4. The second-order valence-corrected chi connectivity index (χ2v) is 3.11. The molecule has 0 radical (unpaired) electrons. The van der Waals surface area contributed by atoms with Crippen molar-refractivity contribution in [3.63, 3.8) is 0 Å². The molecule has 0 aromatic carbocycles. The highest BCUT2D eigenvalue weighted by molar-refractivity contribution is 5.76. The van der Waals surface area contributed by atoms with Crippen molar-refractivity contribution in [3.05, 3.63) is 18.0 Å². The summed E-state index contributed by atoms with van der Waals surface area (Å²) in [6.07, 6.45) is 2.23. The van der Waals surface area contributed by atoms with Crippen LogP contribution in [0, 0.1) is 0 Å². The fourth-order valence-electron chi connectivity index (χ4n) is 1.07. The Balaban J connectivity index is 2.11. The van der Waals surface area contributed by atoms with Gasteiger partial charge < -0.3 is 10.4 Å². The van der Waals surface area contributed by atoms with Crippen molar-refractivity contribution in [2.24, 2.45) is 0 Å². The molecule has 6 heteroatoms. The van der Waals surface area contributed by atoms with Gasteiger partial charge in [-0.25, -0.2) is 0 Å². The lowest BCUT2D eigenvalue weighted by atomic mass is 10.2. The van der Waals surface area contributed by atoms with E-state index in [0.29, 0.717) is 13.0 Å². The Morgan fingerprint density at radius 2 is 2.27 bits per heavy atom. The van der Waals surface area contributed by atoms with E-state index in [1.807, 2.05) is 0 Å². The number of rotatable bonds is 6. The fraction of sp³-hybridized carbons (Fsp3) is 0.444. The van der Waals surface area contributed by atoms with Crippen LogP contribution in [-0.4, -0.2) is 27.2 Å². The zero-order valence-electron chi connectivity index (χ0n) is 8.19. The average Bonchev–Trinajstić information content (AvgIpc) is 2.66. The van der Waals surface area contributed by atoms with Crippen molar-refractivity contribution in [1.82, 2.24) is 15.5 Å². The van der Waals surface area contributed by atoms with Crippen molar-refractivity contribution in [3.8, 4) is 0 Å². The van der Waals surface area contributed by atoms with E-state index < -0.39 is 5.97 Å². The van der Waals surface area contributed by atoms with Gasteiger partial charge in [0.2, 0.25) is 5.91 Å². The number of nitrogens with zero attached hydrogens (tertiary/aromatic N) is 1. The summed E-state index contributed by atoms with van der Waals surface area (Å²) < 4.78 is 0. The van der Waals surface area contributed by atoms with Gasteiger partial charge in [-0.2, -0.15) is 5.10 Å². The van der Waals surface area contributed by atoms with Crippen LogP contribution in [0.2, 0.25) is 0 Å². The highest BCUT2D eigenvalue weighted by Gasteiger charge is 2.03. The fourth-order valence-corrected chi connectivity index (χ4v) is 1.07. The molecule has 0 fully saturated rings. The molecular weight excluding hydrogens is 198 g/mol. The summed E-state index contributed by atoms with van der Waals surface area (Å²) in [5.74, 6) is -1.03. The van der Waals surface area contributed by atoms with E-state index in [1.165, 1.54) is 0 Å². The number of carbonyl (C=O) groups excluding carboxylic acids is 1. The first-order valence-electron chi connectivity index (χ1n) is 4.65. The molecule has 0 spiro atoms. The average molecular weight is 211 g/mol. The molecule has 0 unspecified atom stereocenters. The second kappa shape index (κ2) is 5.79. The molecule has 0 bridgehead atoms. The van der Waals surface area contributed by atoms with Crippen LogP contribution >= 0.6 is 0 Å². The molecule has 6 nitrogen and oxygen atoms in total. The molecule has 1 heterocycles. The molecule has 3 N–H and O–H groups in total. The molecule has 1 amide bonds. The lowest BCUT2D eigenvalue weighted by molar-refractivity contribution is -0.137. The van der Waals surface area contributed by atoms with Gasteiger partial charge in [0.25, 0.3) is 0 Å². The van der Waals surface area contributed by atoms with E-state index in [2.05, 4.69) is 15.5 Å². The second-order valence-electron chi connectivity index (χ2n) is 3.11. The number of carbonyl (C=O) groups is 2. The summed E-state index contributed by atoms with van der Waals surface area (Å²) in [6, 6.07) is 1.76. The van der Waals surface area contributed by atoms with Gasteiger partial charge in [-0.15, -0.1) is 0 Å². The summed E-state index contributed by atoms with van der Waals surface area (Å²) in [7, 11) is 0. The molecule has 1 aromatic rings. The number of hydrogen-bond acceptors (Lipinski definition) is 3. The number of hydrogen-bond donors (Lipinski definition) is 3. The maximum absolute atomic E-state index is 11.2. The maximum Gasteiger partial charge on any atom is 0.303 e. The van der Waals surface area contributed by atoms with Crippen LogP contribution in [0.25, 0.3) is 0 Å². The van der Waals surface area contributed by atoms with E-state index >= 15 is 0 Å². The molecule has 0 saturated carbocycles. The van der Waals surface area contributed by atoms with E-state index in [9.17, 15) is 9.59 Å². The molecule has 0 aliphatic carbocycles. The molecular formula is C9H13N3O3. The number of H-pyrrole nitrogens is 1. The molecule has 82 valence electrons. The summed E-state index contributed by atoms with van der Waals surface area (Å²) in [4.78, 5) is 21.4. The Labute approximate surface area is 86.7 Å². The van der Waals surface area contributed by atoms with E-state index in [-0.39, 0.29) is 18.7 Å². The number of aromatic amines is 1. The number of nitrogens with one attached hydrogen (secondary N) is 2. The van der Waals surface area contributed by atoms with Crippen molar-refractivity contribution in [2.45, 2.75) is 25.8 Å². The Morgan fingerprint density at radius 3 is 2.87 bits per heavy atom. The van der Waals surface area contributed by atoms with Crippen molar-refractivity contribution >= 4 is 11.9 Å². The maximum atomic E-state index is 11.2. The topological polar surface area (TPSA) is 95.1 Å². The third-order valence-corrected chi connectivity index (χ3v) is 1.83. The van der Waals surface area contributed by atoms with Gasteiger partial charge in [0, 0.05) is 19.0 Å². The number of carboxylic acids is 1. The predicted octanol–water partition coefficient (Wildman–Crippen LogP) is 0.281. The summed E-state index contributed by atoms with van der Waals surface area (Å²) in [5.41, 5.74) is 0.821. The zero-order valence-corrected chi connectivity index (χ0v) is 8.19. The molecule has 0 saturated heterocycles. The Kier molecular flexibility index (Phi) is 4.33. The molecule has 15 heavy (non-hydrogen) atoms. The van der Waals surface area contributed by atoms with Gasteiger partial charge in [-0.3, -0.25) is 14.7 Å². The Bertz CT molecular complexity index is 321. The van der Waals surface area contributed by atoms with Crippen molar-refractivity contribution < 1.29 is 14.7 Å². The quantitative estimate of drug-likeness (QED) is 0.629. The standard InChI is InChI=1S/C9H13N3O3/c13-8(2-1-3-9(14)15)10-6-7-4-5-11-12-7/h4-5H,1-3,6H2,(H,10,13)(H,11,12)(H,14,15). The van der Waals surface area contributed by atoms with Gasteiger partial charge in [0.15, 0.2) is 0 Å². The third-order valence-electron chi connectivity index (χ3n) is 1.83. The zero-order chi connectivity index (χ0) is 11.1. The lowest BCUT2D eigenvalue weighted by Crippen LogP contribution is -2.22. The van der Waals surface area contributed by atoms with Gasteiger partial charge >= 0.3 is 5.97 Å². The minimum Gasteiger partial charge on any atom is -0.481 e. The van der Waals surface area contributed by atoms with E-state index in [4.69, 9.17) is 5.11 Å². The van der Waals surface area contributed by atoms with Crippen LogP contribution in [-0.2, 0) is 16.1 Å². The Hall–Kier alpha value is -1.85. The first-order valence-corrected chi connectivity index (χ1v) is 4.65. The molecule has 1 rings (SSSR count). The molecule has 0 atom stereocenters. The van der Waals surface area contributed by atoms with Crippen LogP contribution in [0.4, 0.5) is 0 Å². The number of amides is 1. The SMILES string of the molecule is O=C(O)CCCC(=O)NCc1ccn[nH]1. The van der Waals surface area contributed by atoms with E-state index in [1.54, 1.807) is 12.3 Å². The summed E-state index contributed by atoms with van der Waals surface area (Å²) in [6.45, 7) is 0.395. The normalized spacial score (nSPS) is 9.87. The van der Waals surface area contributed by atoms with Gasteiger partial charge in [0.05, 0.1) is 12.2 Å². The summed E-state index contributed by atoms with van der Waals surface area (Å²) >= 11 is 0. The lowest BCUT2D eigenvalue weighted by Gasteiger charge is -2.02. The monoisotopic (exact) mass is 211 g/mol. The minimum absolute atomic E-state index is 0.0253. The smallest absolute Gasteiger partial charge is 0.303 e. The molecule has 0 aliphatic rings. The van der Waals surface area contributed by atoms with Crippen LogP contribution in [0.1, 0.15) is 25.0 Å². The number of aromatic nitrogens is 2. The van der Waals surface area contributed by atoms with Gasteiger partial charge in [-0.1, -0.05) is 0 Å². The van der Waals surface area contributed by atoms with Crippen LogP contribution < -0.4 is 5.32 Å². The van der Waals surface area contributed by atoms with Crippen LogP contribution in [0.15, 0.2) is 12.3 Å². The highest BCUT2D eigenvalue weighted by Crippen LogP contribution is 1.96. The molecule has 0 aliphatic heterocycles. The van der Waals surface area contributed by atoms with Crippen LogP contribution in [0.3, 0.4) is 0 Å². The largest absolute Gasteiger partial charge is 0.481 e. The number of aliphatic carboxylic acids is 1. The predicted molar refractivity (Wildman–Crippen MR) is 51.9 cm³/mol. The number of carboxylic acid groups (broad SMARTS) is 1. The van der Waals surface area contributed by atoms with Crippen molar-refractivity contribution in [1.29, 1.82) is 0 Å². The first-order chi connectivity index (χ1) is 7.18. The van der Waals surface area contributed by atoms with Gasteiger partial charge in [0.1, 0.15) is 0 Å². The van der Waals surface area contributed by atoms with Crippen LogP contribution in [0.5, 0.6) is 0 Å².